The Morgan fingerprint density at radius 3 is 2.75 bits per heavy atom. The highest BCUT2D eigenvalue weighted by molar-refractivity contribution is 7.11. The Morgan fingerprint density at radius 2 is 2.04 bits per heavy atom. The first-order chi connectivity index (χ1) is 13.6. The number of allylic oxidation sites excluding steroid dienone is 1. The van der Waals surface area contributed by atoms with E-state index in [0.717, 1.165) is 11.3 Å². The minimum Gasteiger partial charge on any atom is -0.462 e. The lowest BCUT2D eigenvalue weighted by Crippen LogP contribution is -2.07. The second-order valence-electron chi connectivity index (χ2n) is 5.62. The molecule has 2 aromatic carbocycles. The van der Waals surface area contributed by atoms with Crippen LogP contribution in [0, 0.1) is 11.3 Å². The molecule has 0 radical (unpaired) electrons. The minimum absolute atomic E-state index is 0.291. The number of rotatable bonds is 6. The van der Waals surface area contributed by atoms with Crippen LogP contribution in [0.3, 0.4) is 0 Å². The fourth-order valence-corrected chi connectivity index (χ4v) is 3.36. The van der Waals surface area contributed by atoms with E-state index in [0.29, 0.717) is 33.5 Å². The van der Waals surface area contributed by atoms with Crippen molar-refractivity contribution in [2.24, 2.45) is 0 Å². The molecular weight excluding hydrogens is 394 g/mol. The Kier molecular flexibility index (Phi) is 6.43. The molecule has 0 aliphatic heterocycles. The van der Waals surface area contributed by atoms with Crippen LogP contribution in [0.2, 0.25) is 5.02 Å². The van der Waals surface area contributed by atoms with Gasteiger partial charge in [-0.3, -0.25) is 0 Å². The predicted octanol–water partition coefficient (Wildman–Crippen LogP) is 5.62. The maximum atomic E-state index is 12.1. The summed E-state index contributed by atoms with van der Waals surface area (Å²) in [6, 6.07) is 16.5. The van der Waals surface area contributed by atoms with Gasteiger partial charge in [0.15, 0.2) is 0 Å². The number of carbonyl (C=O) groups excluding carboxylic acids is 1. The largest absolute Gasteiger partial charge is 0.462 e. The van der Waals surface area contributed by atoms with Gasteiger partial charge in [0.25, 0.3) is 0 Å². The van der Waals surface area contributed by atoms with Crippen LogP contribution in [0.5, 0.6) is 0 Å². The van der Waals surface area contributed by atoms with Gasteiger partial charge in [-0.2, -0.15) is 5.26 Å². The SMILES string of the molecule is CCOC(=O)c1ccccc1NC=C(C#N)c1nc(-c2ccc(Cl)cc2)cs1. The third-order valence-electron chi connectivity index (χ3n) is 3.79. The van der Waals surface area contributed by atoms with Crippen LogP contribution in [0.1, 0.15) is 22.3 Å². The number of esters is 1. The summed E-state index contributed by atoms with van der Waals surface area (Å²) >= 11 is 7.29. The van der Waals surface area contributed by atoms with Crippen LogP contribution >= 0.6 is 22.9 Å². The number of para-hydroxylation sites is 1. The lowest BCUT2D eigenvalue weighted by atomic mass is 10.1. The number of benzene rings is 2. The summed E-state index contributed by atoms with van der Waals surface area (Å²) in [4.78, 5) is 16.6. The molecule has 0 spiro atoms. The number of anilines is 1. The lowest BCUT2D eigenvalue weighted by Gasteiger charge is -2.08. The molecule has 0 amide bonds. The molecule has 1 N–H and O–H groups in total. The fourth-order valence-electron chi connectivity index (χ4n) is 2.44. The van der Waals surface area contributed by atoms with Gasteiger partial charge in [0.05, 0.1) is 23.6 Å². The lowest BCUT2D eigenvalue weighted by molar-refractivity contribution is 0.0527. The zero-order chi connectivity index (χ0) is 19.9. The van der Waals surface area contributed by atoms with E-state index in [1.807, 2.05) is 17.5 Å². The van der Waals surface area contributed by atoms with Crippen molar-refractivity contribution in [3.63, 3.8) is 0 Å². The molecule has 28 heavy (non-hydrogen) atoms. The molecule has 1 aromatic heterocycles. The van der Waals surface area contributed by atoms with Crippen molar-refractivity contribution < 1.29 is 9.53 Å². The monoisotopic (exact) mass is 409 g/mol. The van der Waals surface area contributed by atoms with Crippen LogP contribution in [-0.4, -0.2) is 17.6 Å². The van der Waals surface area contributed by atoms with Gasteiger partial charge >= 0.3 is 5.97 Å². The average Bonchev–Trinajstić information content (AvgIpc) is 3.19. The standard InChI is InChI=1S/C21H16ClN3O2S/c1-2-27-21(26)17-5-3-4-6-18(17)24-12-15(11-23)20-25-19(13-28-20)14-7-9-16(22)10-8-14/h3-10,12-13,24H,2H2,1H3. The third kappa shape index (κ3) is 4.58. The van der Waals surface area contributed by atoms with E-state index in [1.165, 1.54) is 11.3 Å². The summed E-state index contributed by atoms with van der Waals surface area (Å²) in [5, 5.41) is 15.7. The maximum Gasteiger partial charge on any atom is 0.340 e. The van der Waals surface area contributed by atoms with E-state index < -0.39 is 5.97 Å². The van der Waals surface area contributed by atoms with Gasteiger partial charge in [-0.15, -0.1) is 11.3 Å². The molecule has 0 fully saturated rings. The van der Waals surface area contributed by atoms with Gasteiger partial charge in [0.1, 0.15) is 16.6 Å². The first-order valence-corrected chi connectivity index (χ1v) is 9.73. The first-order valence-electron chi connectivity index (χ1n) is 8.47. The zero-order valence-electron chi connectivity index (χ0n) is 15.0. The molecule has 3 rings (SSSR count). The van der Waals surface area contributed by atoms with E-state index in [2.05, 4.69) is 16.4 Å². The molecule has 5 nitrogen and oxygen atoms in total. The highest BCUT2D eigenvalue weighted by Crippen LogP contribution is 2.27. The highest BCUT2D eigenvalue weighted by atomic mass is 35.5. The molecule has 0 bridgehead atoms. The maximum absolute atomic E-state index is 12.1. The van der Waals surface area contributed by atoms with Gasteiger partial charge in [0, 0.05) is 22.2 Å². The Labute approximate surface area is 171 Å². The smallest absolute Gasteiger partial charge is 0.340 e. The second-order valence-corrected chi connectivity index (χ2v) is 6.92. The minimum atomic E-state index is -0.420. The van der Waals surface area contributed by atoms with Gasteiger partial charge in [-0.1, -0.05) is 35.9 Å². The van der Waals surface area contributed by atoms with E-state index in [4.69, 9.17) is 16.3 Å². The molecule has 1 heterocycles. The predicted molar refractivity (Wildman–Crippen MR) is 112 cm³/mol. The van der Waals surface area contributed by atoms with E-state index >= 15 is 0 Å². The third-order valence-corrected chi connectivity index (χ3v) is 4.92. The highest BCUT2D eigenvalue weighted by Gasteiger charge is 2.12. The van der Waals surface area contributed by atoms with Gasteiger partial charge in [0.2, 0.25) is 0 Å². The van der Waals surface area contributed by atoms with E-state index in [-0.39, 0.29) is 0 Å². The molecule has 3 aromatic rings. The second kappa shape index (κ2) is 9.18. The summed E-state index contributed by atoms with van der Waals surface area (Å²) < 4.78 is 5.06. The van der Waals surface area contributed by atoms with Crippen LogP contribution in [0.4, 0.5) is 5.69 Å². The Morgan fingerprint density at radius 1 is 1.29 bits per heavy atom. The van der Waals surface area contributed by atoms with Crippen molar-refractivity contribution in [1.29, 1.82) is 5.26 Å². The molecule has 7 heteroatoms. The van der Waals surface area contributed by atoms with E-state index in [1.54, 1.807) is 49.5 Å². The summed E-state index contributed by atoms with van der Waals surface area (Å²) in [7, 11) is 0. The summed E-state index contributed by atoms with van der Waals surface area (Å²) in [6.07, 6.45) is 1.54. The number of hydrogen-bond acceptors (Lipinski definition) is 6. The van der Waals surface area contributed by atoms with Crippen molar-refractivity contribution in [3.05, 3.63) is 75.7 Å². The van der Waals surface area contributed by atoms with Crippen molar-refractivity contribution in [2.45, 2.75) is 6.92 Å². The van der Waals surface area contributed by atoms with Crippen molar-refractivity contribution >= 4 is 40.2 Å². The molecule has 0 unspecified atom stereocenters. The number of carbonyl (C=O) groups is 1. The molecular formula is C21H16ClN3O2S. The Balaban J connectivity index is 1.83. The Bertz CT molecular complexity index is 1050. The number of nitrogens with one attached hydrogen (secondary N) is 1. The molecule has 0 saturated carbocycles. The molecule has 0 aliphatic rings. The first kappa shape index (κ1) is 19.6. The van der Waals surface area contributed by atoms with Crippen LogP contribution in [0.25, 0.3) is 16.8 Å². The van der Waals surface area contributed by atoms with Crippen molar-refractivity contribution in [1.82, 2.24) is 4.98 Å². The molecule has 0 aliphatic carbocycles. The quantitative estimate of drug-likeness (QED) is 0.422. The number of ether oxygens (including phenoxy) is 1. The van der Waals surface area contributed by atoms with Crippen LogP contribution < -0.4 is 5.32 Å². The normalized spacial score (nSPS) is 11.0. The number of hydrogen-bond donors (Lipinski definition) is 1. The molecule has 0 atom stereocenters. The van der Waals surface area contributed by atoms with Gasteiger partial charge < -0.3 is 10.1 Å². The summed E-state index contributed by atoms with van der Waals surface area (Å²) in [5.74, 6) is -0.420. The van der Waals surface area contributed by atoms with Gasteiger partial charge in [-0.05, 0) is 31.2 Å². The summed E-state index contributed by atoms with van der Waals surface area (Å²) in [5.41, 5.74) is 3.01. The van der Waals surface area contributed by atoms with Crippen LogP contribution in [0.15, 0.2) is 60.1 Å². The fraction of sp³-hybridized carbons (Fsp3) is 0.0952. The summed E-state index contributed by atoms with van der Waals surface area (Å²) in [6.45, 7) is 2.04. The average molecular weight is 410 g/mol. The topological polar surface area (TPSA) is 75.0 Å². The van der Waals surface area contributed by atoms with E-state index in [9.17, 15) is 10.1 Å². The number of halogens is 1. The number of nitriles is 1. The van der Waals surface area contributed by atoms with Gasteiger partial charge in [-0.25, -0.2) is 9.78 Å². The number of thiazole rings is 1. The van der Waals surface area contributed by atoms with Crippen molar-refractivity contribution in [2.75, 3.05) is 11.9 Å². The molecule has 0 saturated heterocycles. The Hall–Kier alpha value is -3.14. The van der Waals surface area contributed by atoms with Crippen molar-refractivity contribution in [3.8, 4) is 17.3 Å². The van der Waals surface area contributed by atoms with Crippen LogP contribution in [-0.2, 0) is 4.74 Å². The zero-order valence-corrected chi connectivity index (χ0v) is 16.6. The molecule has 140 valence electrons. The number of nitrogens with zero attached hydrogens (tertiary/aromatic N) is 2. The number of aromatic nitrogens is 1.